The molecule has 0 saturated heterocycles. The van der Waals surface area contributed by atoms with Crippen LogP contribution >= 0.6 is 0 Å². The molecule has 2 nitrogen and oxygen atoms in total. The molecule has 136 valence electrons. The Morgan fingerprint density at radius 3 is 1.92 bits per heavy atom. The van der Waals surface area contributed by atoms with Crippen LogP contribution in [0.4, 0.5) is 0 Å². The fraction of sp³-hybridized carbons (Fsp3) is 0.304. The highest BCUT2D eigenvalue weighted by atomic mass is 28.4. The fourth-order valence-electron chi connectivity index (χ4n) is 3.31. The lowest BCUT2D eigenvalue weighted by Crippen LogP contribution is -2.67. The molecule has 26 heavy (non-hydrogen) atoms. The highest BCUT2D eigenvalue weighted by molar-refractivity contribution is 6.99. The van der Waals surface area contributed by atoms with Crippen molar-refractivity contribution in [3.8, 4) is 12.3 Å². The average Bonchev–Trinajstić information content (AvgIpc) is 2.65. The van der Waals surface area contributed by atoms with E-state index < -0.39 is 8.32 Å². The quantitative estimate of drug-likeness (QED) is 0.403. The Bertz CT molecular complexity index is 687. The maximum Gasteiger partial charge on any atom is 0.261 e. The van der Waals surface area contributed by atoms with Crippen molar-refractivity contribution in [1.82, 2.24) is 0 Å². The number of hydrogen-bond donors (Lipinski definition) is 0. The van der Waals surface area contributed by atoms with Crippen LogP contribution in [0.15, 0.2) is 73.3 Å². The van der Waals surface area contributed by atoms with Crippen molar-refractivity contribution < 1.29 is 9.16 Å². The largest absolute Gasteiger partial charge is 0.404 e. The predicted molar refractivity (Wildman–Crippen MR) is 112 cm³/mol. The lowest BCUT2D eigenvalue weighted by molar-refractivity contribution is 0.0683. The Labute approximate surface area is 159 Å². The van der Waals surface area contributed by atoms with Crippen LogP contribution in [0, 0.1) is 12.3 Å². The summed E-state index contributed by atoms with van der Waals surface area (Å²) in [4.78, 5) is 0. The molecule has 0 aliphatic rings. The van der Waals surface area contributed by atoms with Crippen molar-refractivity contribution >= 4 is 18.7 Å². The second kappa shape index (κ2) is 9.00. The first kappa shape index (κ1) is 20.2. The summed E-state index contributed by atoms with van der Waals surface area (Å²) in [6, 6.07) is 21.1. The van der Waals surface area contributed by atoms with E-state index in [0.717, 1.165) is 0 Å². The van der Waals surface area contributed by atoms with Gasteiger partial charge in [-0.3, -0.25) is 0 Å². The van der Waals surface area contributed by atoms with E-state index in [9.17, 15) is 0 Å². The fourth-order valence-corrected chi connectivity index (χ4v) is 7.88. The van der Waals surface area contributed by atoms with E-state index in [-0.39, 0.29) is 17.7 Å². The molecule has 0 aliphatic carbocycles. The third kappa shape index (κ3) is 4.34. The normalized spacial score (nSPS) is 13.0. The SMILES string of the molecule is C#CCOC(C=C)CO[Si](c1ccccc1)(c1ccccc1)C(C)(C)C. The zero-order valence-corrected chi connectivity index (χ0v) is 16.9. The van der Waals surface area contributed by atoms with Crippen molar-refractivity contribution in [2.24, 2.45) is 0 Å². The van der Waals surface area contributed by atoms with Crippen molar-refractivity contribution in [1.29, 1.82) is 0 Å². The monoisotopic (exact) mass is 364 g/mol. The molecule has 0 heterocycles. The highest BCUT2D eigenvalue weighted by Crippen LogP contribution is 2.36. The van der Waals surface area contributed by atoms with Crippen LogP contribution in [0.5, 0.6) is 0 Å². The van der Waals surface area contributed by atoms with Crippen LogP contribution in [0.1, 0.15) is 20.8 Å². The van der Waals surface area contributed by atoms with Crippen LogP contribution in [-0.2, 0) is 9.16 Å². The van der Waals surface area contributed by atoms with Crippen LogP contribution in [0.3, 0.4) is 0 Å². The standard InChI is InChI=1S/C23H28O2Si/c1-6-18-24-20(7-2)19-25-26(23(3,4)5,21-14-10-8-11-15-21)22-16-12-9-13-17-22/h1,7-17,20H,2,18-19H2,3-5H3. The topological polar surface area (TPSA) is 18.5 Å². The van der Waals surface area contributed by atoms with Crippen molar-refractivity contribution in [2.45, 2.75) is 31.9 Å². The third-order valence-electron chi connectivity index (χ3n) is 4.52. The van der Waals surface area contributed by atoms with Gasteiger partial charge in [0.25, 0.3) is 8.32 Å². The van der Waals surface area contributed by atoms with E-state index in [1.54, 1.807) is 6.08 Å². The molecule has 1 atom stereocenters. The molecule has 0 aliphatic heterocycles. The Morgan fingerprint density at radius 1 is 1.04 bits per heavy atom. The molecule has 1 unspecified atom stereocenters. The Balaban J connectivity index is 2.50. The third-order valence-corrected chi connectivity index (χ3v) is 9.53. The molecular weight excluding hydrogens is 336 g/mol. The molecule has 0 fully saturated rings. The summed E-state index contributed by atoms with van der Waals surface area (Å²) in [5, 5.41) is 2.44. The van der Waals surface area contributed by atoms with E-state index in [0.29, 0.717) is 6.61 Å². The number of benzene rings is 2. The van der Waals surface area contributed by atoms with Gasteiger partial charge in [0, 0.05) is 0 Å². The van der Waals surface area contributed by atoms with Gasteiger partial charge >= 0.3 is 0 Å². The van der Waals surface area contributed by atoms with E-state index in [1.807, 2.05) is 12.1 Å². The van der Waals surface area contributed by atoms with E-state index in [1.165, 1.54) is 10.4 Å². The minimum Gasteiger partial charge on any atom is -0.404 e. The number of terminal acetylenes is 1. The zero-order chi connectivity index (χ0) is 19.0. The van der Waals surface area contributed by atoms with Gasteiger partial charge in [0.05, 0.1) is 12.7 Å². The molecule has 0 amide bonds. The van der Waals surface area contributed by atoms with Crippen molar-refractivity contribution in [3.63, 3.8) is 0 Å². The summed E-state index contributed by atoms with van der Waals surface area (Å²) in [5.74, 6) is 2.51. The second-order valence-corrected chi connectivity index (χ2v) is 11.6. The first-order valence-electron chi connectivity index (χ1n) is 8.88. The van der Waals surface area contributed by atoms with Gasteiger partial charge in [0.15, 0.2) is 0 Å². The molecule has 0 N–H and O–H groups in total. The van der Waals surface area contributed by atoms with Gasteiger partial charge in [-0.25, -0.2) is 0 Å². The van der Waals surface area contributed by atoms with Gasteiger partial charge in [-0.2, -0.15) is 0 Å². The van der Waals surface area contributed by atoms with E-state index >= 15 is 0 Å². The average molecular weight is 365 g/mol. The first-order chi connectivity index (χ1) is 12.5. The Kier molecular flexibility index (Phi) is 6.99. The number of rotatable bonds is 8. The molecule has 2 aromatic carbocycles. The Morgan fingerprint density at radius 2 is 1.54 bits per heavy atom. The molecule has 3 heteroatoms. The van der Waals surface area contributed by atoms with Gasteiger partial charge < -0.3 is 9.16 Å². The summed E-state index contributed by atoms with van der Waals surface area (Å²) in [6.07, 6.45) is 6.85. The molecule has 2 aromatic rings. The van der Waals surface area contributed by atoms with E-state index in [2.05, 4.69) is 81.8 Å². The zero-order valence-electron chi connectivity index (χ0n) is 15.9. The highest BCUT2D eigenvalue weighted by Gasteiger charge is 2.50. The lowest BCUT2D eigenvalue weighted by atomic mass is 10.2. The van der Waals surface area contributed by atoms with Crippen LogP contribution < -0.4 is 10.4 Å². The number of hydrogen-bond acceptors (Lipinski definition) is 2. The van der Waals surface area contributed by atoms with Gasteiger partial charge in [-0.15, -0.1) is 13.0 Å². The minimum atomic E-state index is -2.55. The predicted octanol–water partition coefficient (Wildman–Crippen LogP) is 3.77. The summed E-state index contributed by atoms with van der Waals surface area (Å²) in [5.41, 5.74) is 0. The smallest absolute Gasteiger partial charge is 0.261 e. The van der Waals surface area contributed by atoms with Crippen LogP contribution in [0.2, 0.25) is 5.04 Å². The van der Waals surface area contributed by atoms with Crippen LogP contribution in [-0.4, -0.2) is 27.6 Å². The van der Waals surface area contributed by atoms with Crippen molar-refractivity contribution in [2.75, 3.05) is 13.2 Å². The van der Waals surface area contributed by atoms with Gasteiger partial charge in [0.2, 0.25) is 0 Å². The first-order valence-corrected chi connectivity index (χ1v) is 10.8. The maximum atomic E-state index is 6.79. The van der Waals surface area contributed by atoms with Gasteiger partial charge in [-0.1, -0.05) is 93.4 Å². The molecule has 0 bridgehead atoms. The summed E-state index contributed by atoms with van der Waals surface area (Å²) in [6.45, 7) is 11.3. The molecular formula is C23H28O2Si. The second-order valence-electron chi connectivity index (χ2n) is 7.26. The van der Waals surface area contributed by atoms with Crippen LogP contribution in [0.25, 0.3) is 0 Å². The van der Waals surface area contributed by atoms with E-state index in [4.69, 9.17) is 15.6 Å². The molecule has 0 aromatic heterocycles. The summed E-state index contributed by atoms with van der Waals surface area (Å²) < 4.78 is 12.5. The van der Waals surface area contributed by atoms with Crippen molar-refractivity contribution in [3.05, 3.63) is 73.3 Å². The molecule has 0 spiro atoms. The van der Waals surface area contributed by atoms with Gasteiger partial charge in [0.1, 0.15) is 6.61 Å². The summed E-state index contributed by atoms with van der Waals surface area (Å²) in [7, 11) is -2.55. The Hall–Kier alpha value is -2.12. The minimum absolute atomic E-state index is 0.0620. The molecule has 2 rings (SSSR count). The number of ether oxygens (including phenoxy) is 1. The molecule has 0 radical (unpaired) electrons. The van der Waals surface area contributed by atoms with Gasteiger partial charge in [-0.05, 0) is 15.4 Å². The lowest BCUT2D eigenvalue weighted by Gasteiger charge is -2.43. The summed E-state index contributed by atoms with van der Waals surface area (Å²) >= 11 is 0. The molecule has 0 saturated carbocycles. The maximum absolute atomic E-state index is 6.79.